The molecule has 4 heterocycles. The van der Waals surface area contributed by atoms with Crippen molar-refractivity contribution in [3.8, 4) is 0 Å². The Bertz CT molecular complexity index is 1710. The zero-order valence-electron chi connectivity index (χ0n) is 22.5. The number of ether oxygens (including phenoxy) is 1. The summed E-state index contributed by atoms with van der Waals surface area (Å²) in [6, 6.07) is 4.49. The first-order chi connectivity index (χ1) is 21.3. The van der Waals surface area contributed by atoms with E-state index in [-0.39, 0.29) is 52.8 Å². The highest BCUT2D eigenvalue weighted by molar-refractivity contribution is 8.00. The molecule has 1 aromatic carbocycles. The number of allylic oxidation sites excluding steroid dienone is 1. The predicted molar refractivity (Wildman–Crippen MR) is 149 cm³/mol. The number of likely N-dealkylation sites (tertiary alicyclic amines) is 1. The number of amides is 3. The molecular weight excluding hydrogens is 648 g/mol. The number of benzene rings is 1. The Balaban J connectivity index is 1.41. The van der Waals surface area contributed by atoms with E-state index in [9.17, 15) is 46.7 Å². The lowest BCUT2D eigenvalue weighted by Crippen LogP contribution is -2.71. The number of nitrogens with zero attached hydrogens (tertiary/aromatic N) is 4. The third-order valence-electron chi connectivity index (χ3n) is 6.85. The van der Waals surface area contributed by atoms with Gasteiger partial charge in [0.05, 0.1) is 0 Å². The van der Waals surface area contributed by atoms with Gasteiger partial charge in [0.2, 0.25) is 5.91 Å². The van der Waals surface area contributed by atoms with Gasteiger partial charge >= 0.3 is 18.1 Å². The molecule has 0 saturated carbocycles. The number of carbonyl (C=O) groups is 5. The molecule has 45 heavy (non-hydrogen) atoms. The van der Waals surface area contributed by atoms with Gasteiger partial charge in [0, 0.05) is 35.4 Å². The molecular formula is C26H20F4N6O7S2. The molecule has 2 atom stereocenters. The average molecular weight is 669 g/mol. The van der Waals surface area contributed by atoms with Gasteiger partial charge in [-0.15, -0.1) is 23.1 Å². The van der Waals surface area contributed by atoms with Crippen molar-refractivity contribution in [3.63, 3.8) is 0 Å². The van der Waals surface area contributed by atoms with Crippen molar-refractivity contribution >= 4 is 63.6 Å². The number of thioether (sulfide) groups is 1. The van der Waals surface area contributed by atoms with E-state index in [0.717, 1.165) is 28.0 Å². The average Bonchev–Trinajstić information content (AvgIpc) is 3.57. The summed E-state index contributed by atoms with van der Waals surface area (Å²) < 4.78 is 56.9. The number of aromatic nitrogens is 1. The van der Waals surface area contributed by atoms with Gasteiger partial charge in [0.25, 0.3) is 11.8 Å². The molecule has 0 bridgehead atoms. The maximum absolute atomic E-state index is 14.1. The molecule has 3 aliphatic heterocycles. The molecule has 0 spiro atoms. The Morgan fingerprint density at radius 2 is 1.98 bits per heavy atom. The zero-order chi connectivity index (χ0) is 32.6. The standard InChI is InChI=1S/C26H20F4N6O7S2/c27-14-4-2-1-3-12(14)8-35-6-5-11(20(35)38)7-13-9-44-22-17(33-19(37)16(34-42)15-10-45-25(31)32-15)21(39)36(22)18(13)23(40)43-24(41)26(28,29)30/h1-4,7,10,17,22,42H,5-6,8-9H2,(H2,31,32)(H,33,37)/b11-7+,34-16-/t17-,22-/m1/s1. The second-order valence-electron chi connectivity index (χ2n) is 9.67. The number of nitrogen functional groups attached to an aromatic ring is 1. The number of β-lactam (4-membered cyclic amide) rings is 1. The van der Waals surface area contributed by atoms with Gasteiger partial charge in [-0.25, -0.2) is 19.0 Å². The Morgan fingerprint density at radius 3 is 2.62 bits per heavy atom. The molecule has 2 saturated heterocycles. The molecule has 19 heteroatoms. The minimum absolute atomic E-state index is 0.0621. The molecule has 13 nitrogen and oxygen atoms in total. The van der Waals surface area contributed by atoms with Crippen LogP contribution < -0.4 is 11.1 Å². The number of hydrogen-bond acceptors (Lipinski definition) is 12. The molecule has 2 fully saturated rings. The Kier molecular flexibility index (Phi) is 8.66. The highest BCUT2D eigenvalue weighted by Crippen LogP contribution is 2.42. The van der Waals surface area contributed by atoms with Gasteiger partial charge in [0.1, 0.15) is 28.6 Å². The summed E-state index contributed by atoms with van der Waals surface area (Å²) >= 11 is 1.94. The number of alkyl halides is 3. The van der Waals surface area contributed by atoms with Gasteiger partial charge in [-0.2, -0.15) is 13.2 Å². The summed E-state index contributed by atoms with van der Waals surface area (Å²) in [5.41, 5.74) is 4.45. The number of halogens is 4. The summed E-state index contributed by atoms with van der Waals surface area (Å²) in [7, 11) is 0. The van der Waals surface area contributed by atoms with Crippen molar-refractivity contribution in [2.45, 2.75) is 30.6 Å². The van der Waals surface area contributed by atoms with Gasteiger partial charge in [-0.3, -0.25) is 19.3 Å². The number of esters is 2. The lowest BCUT2D eigenvalue weighted by Gasteiger charge is -2.49. The second-order valence-corrected chi connectivity index (χ2v) is 11.7. The van der Waals surface area contributed by atoms with Crippen LogP contribution in [0.3, 0.4) is 0 Å². The van der Waals surface area contributed by atoms with Crippen LogP contribution in [0.4, 0.5) is 22.7 Å². The predicted octanol–water partition coefficient (Wildman–Crippen LogP) is 1.69. The summed E-state index contributed by atoms with van der Waals surface area (Å²) in [5, 5.41) is 14.9. The lowest BCUT2D eigenvalue weighted by molar-refractivity contribution is -0.201. The van der Waals surface area contributed by atoms with E-state index in [4.69, 9.17) is 5.73 Å². The second kappa shape index (κ2) is 12.3. The third-order valence-corrected chi connectivity index (χ3v) is 8.83. The van der Waals surface area contributed by atoms with Crippen LogP contribution in [0.25, 0.3) is 0 Å². The SMILES string of the molecule is Nc1nc(/C(=N/O)C(=O)N[C@@H]2C(=O)N3C(C(=O)OC(=O)C(F)(F)F)=C(/C=C4\CCN(Cc5ccccc5F)C4=O)CS[C@H]23)cs1. The lowest BCUT2D eigenvalue weighted by atomic mass is 10.0. The quantitative estimate of drug-likeness (QED) is 0.0574. The number of hydrogen-bond donors (Lipinski definition) is 3. The van der Waals surface area contributed by atoms with E-state index in [0.29, 0.717) is 0 Å². The van der Waals surface area contributed by atoms with Crippen molar-refractivity contribution in [1.82, 2.24) is 20.1 Å². The molecule has 4 N–H and O–H groups in total. The van der Waals surface area contributed by atoms with Crippen LogP contribution in [-0.2, 0) is 35.3 Å². The highest BCUT2D eigenvalue weighted by Gasteiger charge is 2.55. The van der Waals surface area contributed by atoms with Crippen LogP contribution in [-0.4, -0.2) is 85.3 Å². The molecule has 5 rings (SSSR count). The fourth-order valence-corrected chi connectivity index (χ4v) is 6.60. The van der Waals surface area contributed by atoms with Crippen LogP contribution in [0.5, 0.6) is 0 Å². The molecule has 3 amide bonds. The monoisotopic (exact) mass is 668 g/mol. The maximum Gasteiger partial charge on any atom is 0.491 e. The molecule has 236 valence electrons. The van der Waals surface area contributed by atoms with Gasteiger partial charge in [-0.05, 0) is 24.1 Å². The number of anilines is 1. The highest BCUT2D eigenvalue weighted by atomic mass is 32.2. The minimum Gasteiger partial charge on any atom is -0.410 e. The molecule has 0 unspecified atom stereocenters. The van der Waals surface area contributed by atoms with Crippen molar-refractivity contribution in [1.29, 1.82) is 0 Å². The van der Waals surface area contributed by atoms with Gasteiger partial charge in [-0.1, -0.05) is 23.4 Å². The van der Waals surface area contributed by atoms with E-state index in [1.54, 1.807) is 6.07 Å². The van der Waals surface area contributed by atoms with Gasteiger partial charge < -0.3 is 25.9 Å². The third kappa shape index (κ3) is 6.25. The first-order valence-corrected chi connectivity index (χ1v) is 14.7. The topological polar surface area (TPSA) is 185 Å². The van der Waals surface area contributed by atoms with Crippen molar-refractivity contribution in [2.24, 2.45) is 5.16 Å². The zero-order valence-corrected chi connectivity index (χ0v) is 24.2. The minimum atomic E-state index is -5.53. The van der Waals surface area contributed by atoms with Crippen LogP contribution in [0.15, 0.2) is 57.7 Å². The summed E-state index contributed by atoms with van der Waals surface area (Å²) in [6.45, 7) is 0.108. The first-order valence-electron chi connectivity index (χ1n) is 12.8. The molecule has 2 aromatic rings. The van der Waals surface area contributed by atoms with Crippen LogP contribution in [0.2, 0.25) is 0 Å². The van der Waals surface area contributed by atoms with E-state index in [1.165, 1.54) is 34.6 Å². The van der Waals surface area contributed by atoms with Crippen molar-refractivity contribution in [3.05, 3.63) is 69.6 Å². The Labute approximate surface area is 258 Å². The molecule has 3 aliphatic rings. The molecule has 0 aliphatic carbocycles. The van der Waals surface area contributed by atoms with E-state index >= 15 is 0 Å². The molecule has 1 aromatic heterocycles. The van der Waals surface area contributed by atoms with E-state index in [2.05, 4.69) is 20.2 Å². The number of nitrogens with two attached hydrogens (primary N) is 1. The smallest absolute Gasteiger partial charge is 0.410 e. The largest absolute Gasteiger partial charge is 0.491 e. The fourth-order valence-electron chi connectivity index (χ4n) is 4.75. The van der Waals surface area contributed by atoms with Crippen molar-refractivity contribution in [2.75, 3.05) is 18.0 Å². The van der Waals surface area contributed by atoms with Crippen LogP contribution in [0, 0.1) is 5.82 Å². The fraction of sp³-hybridized carbons (Fsp3) is 0.269. The summed E-state index contributed by atoms with van der Waals surface area (Å²) in [5.74, 6) is -7.83. The number of oxime groups is 1. The Morgan fingerprint density at radius 1 is 1.24 bits per heavy atom. The van der Waals surface area contributed by atoms with Gasteiger partial charge in [0.15, 0.2) is 10.8 Å². The normalized spacial score (nSPS) is 21.2. The number of fused-ring (bicyclic) bond motifs is 1. The van der Waals surface area contributed by atoms with Crippen LogP contribution in [0.1, 0.15) is 17.7 Å². The maximum atomic E-state index is 14.1. The summed E-state index contributed by atoms with van der Waals surface area (Å²) in [6.07, 6.45) is -4.17. The first kappa shape index (κ1) is 31.6. The summed E-state index contributed by atoms with van der Waals surface area (Å²) in [4.78, 5) is 69.4. The number of nitrogens with one attached hydrogen (secondary N) is 1. The van der Waals surface area contributed by atoms with Crippen LogP contribution >= 0.6 is 23.1 Å². The Hall–Kier alpha value is -4.78. The van der Waals surface area contributed by atoms with Crippen molar-refractivity contribution < 1.29 is 51.5 Å². The molecule has 0 radical (unpaired) electrons. The van der Waals surface area contributed by atoms with E-state index in [1.807, 2.05) is 0 Å². The van der Waals surface area contributed by atoms with E-state index < -0.39 is 64.5 Å². The number of rotatable bonds is 7. The number of thiazole rings is 1. The number of carbonyl (C=O) groups excluding carboxylic acids is 5.